The number of rotatable bonds is 9. The molecule has 20 heavy (non-hydrogen) atoms. The molecule has 1 aromatic rings. The molecule has 2 nitrogen and oxygen atoms in total. The molecule has 0 bridgehead atoms. The molecule has 1 fully saturated rings. The van der Waals surface area contributed by atoms with Crippen molar-refractivity contribution in [2.75, 3.05) is 19.6 Å². The van der Waals surface area contributed by atoms with Crippen LogP contribution in [-0.4, -0.2) is 30.6 Å². The third-order valence-corrected chi connectivity index (χ3v) is 4.33. The first-order valence-corrected chi connectivity index (χ1v) is 8.28. The maximum absolute atomic E-state index is 3.75. The molecule has 0 heterocycles. The molecule has 1 saturated carbocycles. The van der Waals surface area contributed by atoms with Crippen molar-refractivity contribution in [3.05, 3.63) is 35.9 Å². The molecule has 0 saturated heterocycles. The summed E-state index contributed by atoms with van der Waals surface area (Å²) >= 11 is 0. The van der Waals surface area contributed by atoms with Crippen LogP contribution in [0.3, 0.4) is 0 Å². The van der Waals surface area contributed by atoms with Crippen molar-refractivity contribution >= 4 is 0 Å². The van der Waals surface area contributed by atoms with Gasteiger partial charge in [-0.1, -0.05) is 51.1 Å². The lowest BCUT2D eigenvalue weighted by Gasteiger charge is -2.31. The van der Waals surface area contributed by atoms with Gasteiger partial charge in [0.25, 0.3) is 0 Å². The Morgan fingerprint density at radius 3 is 2.45 bits per heavy atom. The summed E-state index contributed by atoms with van der Waals surface area (Å²) in [6, 6.07) is 12.3. The van der Waals surface area contributed by atoms with Gasteiger partial charge in [-0.05, 0) is 43.8 Å². The summed E-state index contributed by atoms with van der Waals surface area (Å²) in [6.45, 7) is 10.4. The van der Waals surface area contributed by atoms with Crippen LogP contribution >= 0.6 is 0 Å². The molecule has 0 aliphatic heterocycles. The third-order valence-electron chi connectivity index (χ3n) is 4.33. The molecule has 2 heteroatoms. The molecule has 2 atom stereocenters. The van der Waals surface area contributed by atoms with Gasteiger partial charge >= 0.3 is 0 Å². The van der Waals surface area contributed by atoms with Crippen molar-refractivity contribution < 1.29 is 0 Å². The van der Waals surface area contributed by atoms with Crippen LogP contribution in [0.1, 0.15) is 51.6 Å². The lowest BCUT2D eigenvalue weighted by molar-refractivity contribution is 0.211. The monoisotopic (exact) mass is 274 g/mol. The summed E-state index contributed by atoms with van der Waals surface area (Å²) in [7, 11) is 0. The van der Waals surface area contributed by atoms with Crippen LogP contribution < -0.4 is 5.32 Å². The minimum atomic E-state index is 0.476. The standard InChI is InChI=1S/C18H30N2/c1-4-13-19-18(16-9-7-6-8-10-16)15(3)14-20(5-2)17-11-12-17/h6-10,15,17-19H,4-5,11-14H2,1-3H3. The lowest BCUT2D eigenvalue weighted by atomic mass is 9.93. The van der Waals surface area contributed by atoms with Crippen LogP contribution in [0, 0.1) is 5.92 Å². The van der Waals surface area contributed by atoms with Gasteiger partial charge in [-0.3, -0.25) is 0 Å². The Kier molecular flexibility index (Phi) is 6.06. The zero-order chi connectivity index (χ0) is 14.4. The van der Waals surface area contributed by atoms with E-state index in [9.17, 15) is 0 Å². The first-order chi connectivity index (χ1) is 9.76. The molecule has 2 unspecified atom stereocenters. The fourth-order valence-corrected chi connectivity index (χ4v) is 3.06. The summed E-state index contributed by atoms with van der Waals surface area (Å²) in [5, 5.41) is 3.75. The SMILES string of the molecule is CCCNC(c1ccccc1)C(C)CN(CC)C1CC1. The van der Waals surface area contributed by atoms with E-state index in [1.807, 2.05) is 0 Å². The smallest absolute Gasteiger partial charge is 0.0358 e. The fraction of sp³-hybridized carbons (Fsp3) is 0.667. The van der Waals surface area contributed by atoms with E-state index in [1.165, 1.54) is 37.9 Å². The van der Waals surface area contributed by atoms with E-state index in [2.05, 4.69) is 61.3 Å². The second-order valence-corrected chi connectivity index (χ2v) is 6.14. The predicted molar refractivity (Wildman–Crippen MR) is 86.9 cm³/mol. The fourth-order valence-electron chi connectivity index (χ4n) is 3.06. The molecule has 2 rings (SSSR count). The molecule has 1 aliphatic carbocycles. The van der Waals surface area contributed by atoms with Crippen LogP contribution in [0.25, 0.3) is 0 Å². The molecule has 112 valence electrons. The zero-order valence-electron chi connectivity index (χ0n) is 13.3. The Morgan fingerprint density at radius 2 is 1.90 bits per heavy atom. The molecule has 1 aromatic carbocycles. The highest BCUT2D eigenvalue weighted by Gasteiger charge is 2.30. The average molecular weight is 274 g/mol. The highest BCUT2D eigenvalue weighted by molar-refractivity contribution is 5.19. The van der Waals surface area contributed by atoms with Gasteiger partial charge in [0.1, 0.15) is 0 Å². The topological polar surface area (TPSA) is 15.3 Å². The zero-order valence-corrected chi connectivity index (χ0v) is 13.3. The van der Waals surface area contributed by atoms with Crippen LogP contribution in [-0.2, 0) is 0 Å². The molecular formula is C18H30N2. The van der Waals surface area contributed by atoms with Crippen molar-refractivity contribution in [3.8, 4) is 0 Å². The third kappa shape index (κ3) is 4.32. The van der Waals surface area contributed by atoms with Crippen LogP contribution in [0.2, 0.25) is 0 Å². The van der Waals surface area contributed by atoms with Crippen LogP contribution in [0.4, 0.5) is 0 Å². The van der Waals surface area contributed by atoms with E-state index in [0.717, 1.165) is 12.6 Å². The first kappa shape index (κ1) is 15.5. The van der Waals surface area contributed by atoms with E-state index in [4.69, 9.17) is 0 Å². The van der Waals surface area contributed by atoms with Crippen molar-refractivity contribution in [3.63, 3.8) is 0 Å². The van der Waals surface area contributed by atoms with Gasteiger partial charge in [0, 0.05) is 18.6 Å². The quantitative estimate of drug-likeness (QED) is 0.736. The van der Waals surface area contributed by atoms with Gasteiger partial charge in [-0.2, -0.15) is 0 Å². The van der Waals surface area contributed by atoms with E-state index in [1.54, 1.807) is 0 Å². The Labute approximate surface area is 124 Å². The second-order valence-electron chi connectivity index (χ2n) is 6.14. The molecule has 1 N–H and O–H groups in total. The van der Waals surface area contributed by atoms with E-state index in [0.29, 0.717) is 12.0 Å². The van der Waals surface area contributed by atoms with Gasteiger partial charge in [-0.15, -0.1) is 0 Å². The highest BCUT2D eigenvalue weighted by Crippen LogP contribution is 2.30. The minimum absolute atomic E-state index is 0.476. The molecule has 1 aliphatic rings. The van der Waals surface area contributed by atoms with Gasteiger partial charge in [0.15, 0.2) is 0 Å². The summed E-state index contributed by atoms with van der Waals surface area (Å²) in [5.41, 5.74) is 1.43. The lowest BCUT2D eigenvalue weighted by Crippen LogP contribution is -2.37. The van der Waals surface area contributed by atoms with Gasteiger partial charge in [0.05, 0.1) is 0 Å². The Balaban J connectivity index is 2.01. The molecule has 0 amide bonds. The summed E-state index contributed by atoms with van der Waals surface area (Å²) in [5.74, 6) is 0.643. The Hall–Kier alpha value is -0.860. The van der Waals surface area contributed by atoms with Gasteiger partial charge in [-0.25, -0.2) is 0 Å². The number of nitrogens with zero attached hydrogens (tertiary/aromatic N) is 1. The first-order valence-electron chi connectivity index (χ1n) is 8.28. The normalized spacial score (nSPS) is 18.2. The van der Waals surface area contributed by atoms with Gasteiger partial charge < -0.3 is 10.2 Å². The molecular weight excluding hydrogens is 244 g/mol. The van der Waals surface area contributed by atoms with Crippen molar-refractivity contribution in [1.29, 1.82) is 0 Å². The molecule has 0 spiro atoms. The molecule has 0 radical (unpaired) electrons. The van der Waals surface area contributed by atoms with Crippen LogP contribution in [0.5, 0.6) is 0 Å². The average Bonchev–Trinajstić information content (AvgIpc) is 3.31. The van der Waals surface area contributed by atoms with E-state index < -0.39 is 0 Å². The van der Waals surface area contributed by atoms with Crippen molar-refractivity contribution in [1.82, 2.24) is 10.2 Å². The highest BCUT2D eigenvalue weighted by atomic mass is 15.2. The minimum Gasteiger partial charge on any atom is -0.310 e. The maximum Gasteiger partial charge on any atom is 0.0358 e. The second kappa shape index (κ2) is 7.80. The van der Waals surface area contributed by atoms with E-state index in [-0.39, 0.29) is 0 Å². The summed E-state index contributed by atoms with van der Waals surface area (Å²) in [4.78, 5) is 2.66. The van der Waals surface area contributed by atoms with Crippen molar-refractivity contribution in [2.24, 2.45) is 5.92 Å². The summed E-state index contributed by atoms with van der Waals surface area (Å²) < 4.78 is 0. The Morgan fingerprint density at radius 1 is 1.20 bits per heavy atom. The number of hydrogen-bond acceptors (Lipinski definition) is 2. The number of hydrogen-bond donors (Lipinski definition) is 1. The van der Waals surface area contributed by atoms with Crippen molar-refractivity contribution in [2.45, 2.75) is 52.1 Å². The molecule has 0 aromatic heterocycles. The number of benzene rings is 1. The predicted octanol–water partition coefficient (Wildman–Crippen LogP) is 3.85. The van der Waals surface area contributed by atoms with Gasteiger partial charge in [0.2, 0.25) is 0 Å². The largest absolute Gasteiger partial charge is 0.310 e. The maximum atomic E-state index is 3.75. The summed E-state index contributed by atoms with van der Waals surface area (Å²) in [6.07, 6.45) is 3.99. The van der Waals surface area contributed by atoms with Crippen LogP contribution in [0.15, 0.2) is 30.3 Å². The van der Waals surface area contributed by atoms with E-state index >= 15 is 0 Å². The Bertz CT molecular complexity index is 372. The number of nitrogens with one attached hydrogen (secondary N) is 1.